The molecule has 0 aromatic heterocycles. The third-order valence-corrected chi connectivity index (χ3v) is 18.2. The highest BCUT2D eigenvalue weighted by Gasteiger charge is 2.30. The van der Waals surface area contributed by atoms with Crippen LogP contribution in [0.3, 0.4) is 0 Å². The fraction of sp³-hybridized carbons (Fsp3) is 0.944. The third kappa shape index (κ3) is 64.8. The molecular formula is C71H138O17P2. The number of rotatable bonds is 68. The minimum Gasteiger partial charge on any atom is -0.462 e. The number of ether oxygens (including phenoxy) is 4. The molecule has 0 saturated heterocycles. The molecule has 0 aromatic carbocycles. The average Bonchev–Trinajstić information content (AvgIpc) is 3.59. The van der Waals surface area contributed by atoms with Crippen molar-refractivity contribution < 1.29 is 80.2 Å². The summed E-state index contributed by atoms with van der Waals surface area (Å²) < 4.78 is 68.3. The molecule has 534 valence electrons. The Morgan fingerprint density at radius 1 is 0.278 bits per heavy atom. The molecule has 90 heavy (non-hydrogen) atoms. The van der Waals surface area contributed by atoms with Crippen LogP contribution in [0.25, 0.3) is 0 Å². The first-order valence-electron chi connectivity index (χ1n) is 36.7. The van der Waals surface area contributed by atoms with Gasteiger partial charge in [0.05, 0.1) is 26.4 Å². The van der Waals surface area contributed by atoms with Gasteiger partial charge in [-0.25, -0.2) is 9.13 Å². The number of unbranched alkanes of at least 4 members (excludes halogenated alkanes) is 34. The Balaban J connectivity index is 5.22. The monoisotopic (exact) mass is 1320 g/mol. The van der Waals surface area contributed by atoms with E-state index in [-0.39, 0.29) is 25.7 Å². The summed E-state index contributed by atoms with van der Waals surface area (Å²) >= 11 is 0. The zero-order valence-electron chi connectivity index (χ0n) is 58.8. The number of carbonyl (C=O) groups is 4. The van der Waals surface area contributed by atoms with Crippen LogP contribution >= 0.6 is 15.6 Å². The van der Waals surface area contributed by atoms with Crippen LogP contribution in [0.5, 0.6) is 0 Å². The van der Waals surface area contributed by atoms with Crippen molar-refractivity contribution in [3.05, 3.63) is 0 Å². The summed E-state index contributed by atoms with van der Waals surface area (Å²) in [5.41, 5.74) is 0. The van der Waals surface area contributed by atoms with Crippen LogP contribution in [-0.2, 0) is 65.4 Å². The highest BCUT2D eigenvalue weighted by Crippen LogP contribution is 2.45. The normalized spacial score (nSPS) is 14.3. The van der Waals surface area contributed by atoms with Gasteiger partial charge in [-0.05, 0) is 49.4 Å². The topological polar surface area (TPSA) is 237 Å². The molecule has 2 unspecified atom stereocenters. The first-order chi connectivity index (χ1) is 43.1. The number of phosphoric acid groups is 2. The van der Waals surface area contributed by atoms with Gasteiger partial charge in [-0.3, -0.25) is 37.3 Å². The number of carbonyl (C=O) groups excluding carboxylic acids is 4. The first kappa shape index (κ1) is 88.1. The number of aliphatic hydroxyl groups excluding tert-OH is 1. The van der Waals surface area contributed by atoms with Gasteiger partial charge in [0.15, 0.2) is 12.2 Å². The van der Waals surface area contributed by atoms with Crippen LogP contribution in [-0.4, -0.2) is 96.7 Å². The molecule has 5 atom stereocenters. The highest BCUT2D eigenvalue weighted by atomic mass is 31.2. The van der Waals surface area contributed by atoms with Crippen LogP contribution in [0.15, 0.2) is 0 Å². The van der Waals surface area contributed by atoms with E-state index in [1.807, 2.05) is 0 Å². The minimum absolute atomic E-state index is 0.104. The van der Waals surface area contributed by atoms with E-state index in [0.717, 1.165) is 114 Å². The van der Waals surface area contributed by atoms with Gasteiger partial charge < -0.3 is 33.8 Å². The summed E-state index contributed by atoms with van der Waals surface area (Å²) in [5.74, 6) is 0.826. The second-order valence-corrected chi connectivity index (χ2v) is 30.4. The molecule has 0 heterocycles. The first-order valence-corrected chi connectivity index (χ1v) is 39.7. The zero-order chi connectivity index (χ0) is 66.8. The number of esters is 4. The third-order valence-electron chi connectivity index (χ3n) is 16.3. The van der Waals surface area contributed by atoms with Crippen molar-refractivity contribution >= 4 is 39.5 Å². The Morgan fingerprint density at radius 2 is 0.467 bits per heavy atom. The van der Waals surface area contributed by atoms with Crippen molar-refractivity contribution in [3.63, 3.8) is 0 Å². The van der Waals surface area contributed by atoms with Gasteiger partial charge in [0.1, 0.15) is 19.3 Å². The molecule has 0 aliphatic rings. The van der Waals surface area contributed by atoms with Crippen LogP contribution in [0.1, 0.15) is 351 Å². The predicted molar refractivity (Wildman–Crippen MR) is 363 cm³/mol. The Hall–Kier alpha value is -1.94. The molecule has 0 saturated carbocycles. The molecule has 0 spiro atoms. The lowest BCUT2D eigenvalue weighted by Crippen LogP contribution is -2.30. The molecule has 0 fully saturated rings. The molecule has 19 heteroatoms. The van der Waals surface area contributed by atoms with E-state index in [9.17, 15) is 43.2 Å². The standard InChI is InChI=1S/C71H138O17P2/c1-61(2)47-39-31-23-17-13-9-11-15-19-26-35-43-51-68(73)81-57-66(88-71(76)54-46-38-28-22-21-25-33-41-49-63(5)6)59-85-89(77,78)83-55-65(72)56-84-90(79,80)86-60-67(58-82-69(74)52-44-36-30-29-34-42-50-64(7)8)87-70(75)53-45-37-27-20-16-12-10-14-18-24-32-40-48-62(3)4/h61-67,72H,9-60H2,1-8H3,(H,77,78)(H,79,80)/t65-,66-,67-/m1/s1. The van der Waals surface area contributed by atoms with Crippen LogP contribution in [0, 0.1) is 23.7 Å². The Kier molecular flexibility index (Phi) is 59.4. The summed E-state index contributed by atoms with van der Waals surface area (Å²) in [6, 6.07) is 0. The second kappa shape index (κ2) is 60.7. The Bertz CT molecular complexity index is 1780. The second-order valence-electron chi connectivity index (χ2n) is 27.5. The Labute approximate surface area is 549 Å². The maximum Gasteiger partial charge on any atom is 0.472 e. The lowest BCUT2D eigenvalue weighted by Gasteiger charge is -2.21. The van der Waals surface area contributed by atoms with Crippen LogP contribution in [0.4, 0.5) is 0 Å². The van der Waals surface area contributed by atoms with Crippen molar-refractivity contribution in [3.8, 4) is 0 Å². The van der Waals surface area contributed by atoms with E-state index in [4.69, 9.17) is 37.0 Å². The molecule has 0 aliphatic heterocycles. The summed E-state index contributed by atoms with van der Waals surface area (Å²) in [6.45, 7) is 14.1. The largest absolute Gasteiger partial charge is 0.472 e. The number of hydrogen-bond acceptors (Lipinski definition) is 15. The zero-order valence-corrected chi connectivity index (χ0v) is 60.6. The summed E-state index contributed by atoms with van der Waals surface area (Å²) in [6.07, 6.45) is 43.2. The SMILES string of the molecule is CC(C)CCCCCCCCCCCCCCC(=O)OC[C@H](COP(=O)(O)OC[C@@H](O)COP(=O)(O)OC[C@@H](COC(=O)CCCCCCCCC(C)C)OC(=O)CCCCCCCCCCCCCCC(C)C)OC(=O)CCCCCCCCCCC(C)C. The fourth-order valence-electron chi connectivity index (χ4n) is 10.7. The number of aliphatic hydroxyl groups is 1. The molecule has 0 aliphatic carbocycles. The predicted octanol–water partition coefficient (Wildman–Crippen LogP) is 20.1. The van der Waals surface area contributed by atoms with Crippen LogP contribution in [0.2, 0.25) is 0 Å². The lowest BCUT2D eigenvalue weighted by molar-refractivity contribution is -0.161. The smallest absolute Gasteiger partial charge is 0.462 e. The van der Waals surface area contributed by atoms with Gasteiger partial charge in [0, 0.05) is 25.7 Å². The molecule has 0 bridgehead atoms. The summed E-state index contributed by atoms with van der Waals surface area (Å²) in [7, 11) is -9.90. The van der Waals surface area contributed by atoms with E-state index in [2.05, 4.69) is 55.4 Å². The fourth-order valence-corrected chi connectivity index (χ4v) is 12.2. The van der Waals surface area contributed by atoms with Crippen molar-refractivity contribution in [1.29, 1.82) is 0 Å². The number of phosphoric ester groups is 2. The lowest BCUT2D eigenvalue weighted by atomic mass is 10.0. The van der Waals surface area contributed by atoms with Crippen molar-refractivity contribution in [2.45, 2.75) is 369 Å². The minimum atomic E-state index is -4.95. The highest BCUT2D eigenvalue weighted by molar-refractivity contribution is 7.47. The molecule has 17 nitrogen and oxygen atoms in total. The van der Waals surface area contributed by atoms with Crippen molar-refractivity contribution in [2.24, 2.45) is 23.7 Å². The summed E-state index contributed by atoms with van der Waals surface area (Å²) in [5, 5.41) is 10.6. The van der Waals surface area contributed by atoms with E-state index in [1.54, 1.807) is 0 Å². The molecule has 0 aromatic rings. The van der Waals surface area contributed by atoms with Gasteiger partial charge in [-0.1, -0.05) is 299 Å². The van der Waals surface area contributed by atoms with E-state index in [0.29, 0.717) is 31.6 Å². The van der Waals surface area contributed by atoms with Gasteiger partial charge in [0.2, 0.25) is 0 Å². The number of hydrogen-bond donors (Lipinski definition) is 3. The van der Waals surface area contributed by atoms with Crippen molar-refractivity contribution in [2.75, 3.05) is 39.6 Å². The molecular weight excluding hydrogens is 1190 g/mol. The molecule has 0 rings (SSSR count). The molecule has 0 radical (unpaired) electrons. The van der Waals surface area contributed by atoms with E-state index < -0.39 is 97.5 Å². The maximum absolute atomic E-state index is 13.0. The van der Waals surface area contributed by atoms with Gasteiger partial charge in [-0.2, -0.15) is 0 Å². The molecule has 0 amide bonds. The van der Waals surface area contributed by atoms with Crippen LogP contribution < -0.4 is 0 Å². The van der Waals surface area contributed by atoms with E-state index >= 15 is 0 Å². The van der Waals surface area contributed by atoms with Crippen molar-refractivity contribution in [1.82, 2.24) is 0 Å². The summed E-state index contributed by atoms with van der Waals surface area (Å²) in [4.78, 5) is 72.5. The maximum atomic E-state index is 13.0. The molecule has 3 N–H and O–H groups in total. The quantitative estimate of drug-likeness (QED) is 0.0222. The Morgan fingerprint density at radius 3 is 0.689 bits per heavy atom. The van der Waals surface area contributed by atoms with E-state index in [1.165, 1.54) is 148 Å². The van der Waals surface area contributed by atoms with Gasteiger partial charge >= 0.3 is 39.5 Å². The average molecular weight is 1330 g/mol. The van der Waals surface area contributed by atoms with Gasteiger partial charge in [0.25, 0.3) is 0 Å². The van der Waals surface area contributed by atoms with Gasteiger partial charge in [-0.15, -0.1) is 0 Å².